The Morgan fingerprint density at radius 3 is 2.44 bits per heavy atom. The number of carbonyl (C=O) groups excluding carboxylic acids is 3. The van der Waals surface area contributed by atoms with E-state index in [0.29, 0.717) is 12.1 Å². The van der Waals surface area contributed by atoms with Crippen LogP contribution in [0.2, 0.25) is 0 Å². The molecule has 25 heavy (non-hydrogen) atoms. The van der Waals surface area contributed by atoms with E-state index in [1.54, 1.807) is 24.3 Å². The maximum atomic E-state index is 12.0. The predicted octanol–water partition coefficient (Wildman–Crippen LogP) is 1.86. The lowest BCUT2D eigenvalue weighted by atomic mass is 9.99. The van der Waals surface area contributed by atoms with Gasteiger partial charge >= 0.3 is 0 Å². The first-order valence-corrected chi connectivity index (χ1v) is 7.85. The van der Waals surface area contributed by atoms with Gasteiger partial charge in [-0.3, -0.25) is 14.4 Å². The van der Waals surface area contributed by atoms with E-state index in [9.17, 15) is 14.4 Å². The minimum atomic E-state index is -0.663. The van der Waals surface area contributed by atoms with Gasteiger partial charge in [-0.2, -0.15) is 0 Å². The first-order valence-electron chi connectivity index (χ1n) is 7.85. The summed E-state index contributed by atoms with van der Waals surface area (Å²) in [5.74, 6) is -1.18. The largest absolute Gasteiger partial charge is 0.340 e. The highest BCUT2D eigenvalue weighted by molar-refractivity contribution is 6.05. The Balaban J connectivity index is 1.55. The molecule has 0 saturated heterocycles. The van der Waals surface area contributed by atoms with Gasteiger partial charge in [0.15, 0.2) is 0 Å². The summed E-state index contributed by atoms with van der Waals surface area (Å²) in [5, 5.41) is 8.00. The van der Waals surface area contributed by atoms with E-state index in [1.807, 2.05) is 30.3 Å². The van der Waals surface area contributed by atoms with Crippen LogP contribution in [0, 0.1) is 0 Å². The molecule has 6 heteroatoms. The summed E-state index contributed by atoms with van der Waals surface area (Å²) < 4.78 is 0. The molecule has 1 unspecified atom stereocenters. The number of fused-ring (bicyclic) bond motifs is 1. The van der Waals surface area contributed by atoms with Crippen LogP contribution in [-0.2, 0) is 20.8 Å². The normalized spacial score (nSPS) is 16.0. The second kappa shape index (κ2) is 7.44. The highest BCUT2D eigenvalue weighted by atomic mass is 16.2. The van der Waals surface area contributed by atoms with Crippen LogP contribution in [0.4, 0.5) is 11.4 Å². The molecule has 3 rings (SSSR count). The van der Waals surface area contributed by atoms with Crippen molar-refractivity contribution in [3.8, 4) is 0 Å². The summed E-state index contributed by atoms with van der Waals surface area (Å²) in [6.07, 6.45) is 2.67. The zero-order valence-electron chi connectivity index (χ0n) is 13.4. The molecule has 0 fully saturated rings. The van der Waals surface area contributed by atoms with Gasteiger partial charge in [0.1, 0.15) is 6.04 Å². The summed E-state index contributed by atoms with van der Waals surface area (Å²) in [7, 11) is 0. The minimum absolute atomic E-state index is 0.269. The fourth-order valence-electron chi connectivity index (χ4n) is 2.55. The quantitative estimate of drug-likeness (QED) is 0.745. The van der Waals surface area contributed by atoms with Crippen LogP contribution >= 0.6 is 0 Å². The monoisotopic (exact) mass is 335 g/mol. The van der Waals surface area contributed by atoms with E-state index >= 15 is 0 Å². The van der Waals surface area contributed by atoms with Gasteiger partial charge in [0.25, 0.3) is 0 Å². The summed E-state index contributed by atoms with van der Waals surface area (Å²) >= 11 is 0. The number of para-hydroxylation sites is 2. The highest BCUT2D eigenvalue weighted by Crippen LogP contribution is 2.21. The van der Waals surface area contributed by atoms with Gasteiger partial charge in [0.2, 0.25) is 17.7 Å². The molecule has 0 radical (unpaired) electrons. The molecule has 1 heterocycles. The molecule has 2 aromatic rings. The molecule has 0 bridgehead atoms. The van der Waals surface area contributed by atoms with E-state index in [1.165, 1.54) is 0 Å². The molecular weight excluding hydrogens is 318 g/mol. The first kappa shape index (κ1) is 16.4. The van der Waals surface area contributed by atoms with Gasteiger partial charge < -0.3 is 16.0 Å². The Hall–Kier alpha value is -3.41. The van der Waals surface area contributed by atoms with Crippen LogP contribution < -0.4 is 16.0 Å². The summed E-state index contributed by atoms with van der Waals surface area (Å²) in [6.45, 7) is 0. The number of carbonyl (C=O) groups is 3. The SMILES string of the molecule is O=C(/C=C/C(=O)NC1Cc2ccccc2NC1=O)Nc1ccccc1. The van der Waals surface area contributed by atoms with Crippen LogP contribution in [0.25, 0.3) is 0 Å². The lowest BCUT2D eigenvalue weighted by molar-refractivity contribution is -0.124. The number of amides is 3. The first-order chi connectivity index (χ1) is 12.1. The van der Waals surface area contributed by atoms with Crippen LogP contribution in [-0.4, -0.2) is 23.8 Å². The van der Waals surface area contributed by atoms with Gasteiger partial charge in [-0.05, 0) is 23.8 Å². The van der Waals surface area contributed by atoms with E-state index in [0.717, 1.165) is 23.4 Å². The zero-order chi connectivity index (χ0) is 17.6. The third-order valence-electron chi connectivity index (χ3n) is 3.76. The molecule has 126 valence electrons. The smallest absolute Gasteiger partial charge is 0.248 e. The Labute approximate surface area is 144 Å². The van der Waals surface area contributed by atoms with Crippen LogP contribution in [0.1, 0.15) is 5.56 Å². The fourth-order valence-corrected chi connectivity index (χ4v) is 2.55. The predicted molar refractivity (Wildman–Crippen MR) is 94.9 cm³/mol. The molecular formula is C19H17N3O3. The van der Waals surface area contributed by atoms with Gasteiger partial charge in [0, 0.05) is 29.9 Å². The molecule has 1 aliphatic heterocycles. The second-order valence-electron chi connectivity index (χ2n) is 5.60. The van der Waals surface area contributed by atoms with Crippen molar-refractivity contribution >= 4 is 29.1 Å². The lowest BCUT2D eigenvalue weighted by Crippen LogP contribution is -2.47. The Morgan fingerprint density at radius 1 is 0.960 bits per heavy atom. The molecule has 1 atom stereocenters. The minimum Gasteiger partial charge on any atom is -0.340 e. The molecule has 0 spiro atoms. The Kier molecular flexibility index (Phi) is 4.89. The van der Waals surface area contributed by atoms with Crippen molar-refractivity contribution in [3.05, 3.63) is 72.3 Å². The number of rotatable bonds is 4. The average molecular weight is 335 g/mol. The number of nitrogens with one attached hydrogen (secondary N) is 3. The Morgan fingerprint density at radius 2 is 1.64 bits per heavy atom. The zero-order valence-corrected chi connectivity index (χ0v) is 13.4. The third kappa shape index (κ3) is 4.32. The average Bonchev–Trinajstić information content (AvgIpc) is 2.61. The van der Waals surface area contributed by atoms with E-state index in [4.69, 9.17) is 0 Å². The summed E-state index contributed by atoms with van der Waals surface area (Å²) in [5.41, 5.74) is 2.36. The number of hydrogen-bond acceptors (Lipinski definition) is 3. The number of anilines is 2. The molecule has 3 amide bonds. The van der Waals surface area contributed by atoms with Crippen LogP contribution in [0.3, 0.4) is 0 Å². The topological polar surface area (TPSA) is 87.3 Å². The maximum Gasteiger partial charge on any atom is 0.248 e. The maximum absolute atomic E-state index is 12.0. The van der Waals surface area contributed by atoms with Crippen molar-refractivity contribution in [2.75, 3.05) is 10.6 Å². The standard InChI is InChI=1S/C19H17N3O3/c23-17(20-14-7-2-1-3-8-14)10-11-18(24)21-16-12-13-6-4-5-9-15(13)22-19(16)25/h1-11,16H,12H2,(H,20,23)(H,21,24)(H,22,25)/b11-10+. The molecule has 0 aromatic heterocycles. The van der Waals surface area contributed by atoms with Crippen molar-refractivity contribution in [1.29, 1.82) is 0 Å². The third-order valence-corrected chi connectivity index (χ3v) is 3.76. The lowest BCUT2D eigenvalue weighted by Gasteiger charge is -2.24. The number of benzene rings is 2. The van der Waals surface area contributed by atoms with Gasteiger partial charge in [-0.25, -0.2) is 0 Å². The molecule has 6 nitrogen and oxygen atoms in total. The van der Waals surface area contributed by atoms with Crippen LogP contribution in [0.5, 0.6) is 0 Å². The van der Waals surface area contributed by atoms with E-state index < -0.39 is 17.9 Å². The molecule has 0 aliphatic carbocycles. The van der Waals surface area contributed by atoms with Gasteiger partial charge in [-0.1, -0.05) is 36.4 Å². The second-order valence-corrected chi connectivity index (χ2v) is 5.60. The summed E-state index contributed by atoms with van der Waals surface area (Å²) in [4.78, 5) is 35.8. The van der Waals surface area contributed by atoms with Crippen LogP contribution in [0.15, 0.2) is 66.7 Å². The van der Waals surface area contributed by atoms with Crippen molar-refractivity contribution in [3.63, 3.8) is 0 Å². The van der Waals surface area contributed by atoms with Crippen molar-refractivity contribution in [2.45, 2.75) is 12.5 Å². The van der Waals surface area contributed by atoms with Gasteiger partial charge in [0.05, 0.1) is 0 Å². The molecule has 0 saturated carbocycles. The molecule has 2 aromatic carbocycles. The molecule has 3 N–H and O–H groups in total. The number of hydrogen-bond donors (Lipinski definition) is 3. The fraction of sp³-hybridized carbons (Fsp3) is 0.105. The van der Waals surface area contributed by atoms with Gasteiger partial charge in [-0.15, -0.1) is 0 Å². The highest BCUT2D eigenvalue weighted by Gasteiger charge is 2.26. The van der Waals surface area contributed by atoms with E-state index in [2.05, 4.69) is 16.0 Å². The van der Waals surface area contributed by atoms with Crippen molar-refractivity contribution < 1.29 is 14.4 Å². The van der Waals surface area contributed by atoms with Crippen molar-refractivity contribution in [1.82, 2.24) is 5.32 Å². The summed E-state index contributed by atoms with van der Waals surface area (Å²) in [6, 6.07) is 15.7. The van der Waals surface area contributed by atoms with Crippen molar-refractivity contribution in [2.24, 2.45) is 0 Å². The van der Waals surface area contributed by atoms with E-state index in [-0.39, 0.29) is 5.91 Å². The Bertz CT molecular complexity index is 831. The molecule has 1 aliphatic rings.